The molecule has 0 spiro atoms. The molecule has 0 bridgehead atoms. The first-order chi connectivity index (χ1) is 7.36. The summed E-state index contributed by atoms with van der Waals surface area (Å²) in [6.45, 7) is 0. The number of pyridine rings is 1. The van der Waals surface area contributed by atoms with Crippen LogP contribution < -0.4 is 0 Å². The maximum Gasteiger partial charge on any atom is 0.148 e. The van der Waals surface area contributed by atoms with Crippen molar-refractivity contribution in [2.75, 3.05) is 0 Å². The number of aliphatic imine (C=N–C) groups is 1. The summed E-state index contributed by atoms with van der Waals surface area (Å²) >= 11 is 0. The zero-order valence-corrected chi connectivity index (χ0v) is 7.97. The number of nitrogens with zero attached hydrogens (tertiary/aromatic N) is 2. The predicted molar refractivity (Wildman–Crippen MR) is 57.9 cm³/mol. The van der Waals surface area contributed by atoms with Crippen LogP contribution in [-0.2, 0) is 0 Å². The van der Waals surface area contributed by atoms with Crippen LogP contribution in [0.25, 0.3) is 0 Å². The van der Waals surface area contributed by atoms with Crippen LogP contribution in [0.15, 0.2) is 53.7 Å². The van der Waals surface area contributed by atoms with Gasteiger partial charge in [0.05, 0.1) is 17.6 Å². The average molecular weight is 200 g/mol. The Balaban J connectivity index is 2.23. The Bertz CT molecular complexity index is 466. The molecule has 1 aromatic carbocycles. The van der Waals surface area contributed by atoms with Gasteiger partial charge in [-0.15, -0.1) is 0 Å². The second-order valence-electron chi connectivity index (χ2n) is 2.96. The summed E-state index contributed by atoms with van der Waals surface area (Å²) in [5, 5.41) is 0. The van der Waals surface area contributed by atoms with Crippen molar-refractivity contribution >= 4 is 11.9 Å². The van der Waals surface area contributed by atoms with Gasteiger partial charge in [-0.05, 0) is 24.3 Å². The standard InChI is InChI=1S/C12H9FN2/c13-11-6-1-2-7-12(11)15-9-10-5-3-4-8-14-10/h1-9H/b15-9+. The average Bonchev–Trinajstić information content (AvgIpc) is 2.29. The Morgan fingerprint density at radius 3 is 2.60 bits per heavy atom. The molecule has 1 aromatic heterocycles. The molecule has 0 aliphatic heterocycles. The largest absolute Gasteiger partial charge is 0.255 e. The van der Waals surface area contributed by atoms with Crippen molar-refractivity contribution in [3.05, 3.63) is 60.2 Å². The van der Waals surface area contributed by atoms with E-state index < -0.39 is 0 Å². The highest BCUT2D eigenvalue weighted by molar-refractivity contribution is 5.79. The van der Waals surface area contributed by atoms with E-state index in [0.717, 1.165) is 0 Å². The number of para-hydroxylation sites is 1. The van der Waals surface area contributed by atoms with Gasteiger partial charge in [-0.2, -0.15) is 0 Å². The Kier molecular flexibility index (Phi) is 2.83. The van der Waals surface area contributed by atoms with Gasteiger partial charge in [-0.3, -0.25) is 9.98 Å². The Hall–Kier alpha value is -2.03. The third-order valence-corrected chi connectivity index (χ3v) is 1.88. The highest BCUT2D eigenvalue weighted by atomic mass is 19.1. The van der Waals surface area contributed by atoms with Crippen LogP contribution in [0.2, 0.25) is 0 Å². The molecule has 2 aromatic rings. The van der Waals surface area contributed by atoms with Crippen molar-refractivity contribution in [3.63, 3.8) is 0 Å². The molecule has 0 saturated carbocycles. The molecular weight excluding hydrogens is 191 g/mol. The lowest BCUT2D eigenvalue weighted by atomic mass is 10.3. The molecule has 2 nitrogen and oxygen atoms in total. The van der Waals surface area contributed by atoms with Crippen LogP contribution in [0.1, 0.15) is 5.69 Å². The molecule has 0 radical (unpaired) electrons. The van der Waals surface area contributed by atoms with Crippen LogP contribution in [0.3, 0.4) is 0 Å². The lowest BCUT2D eigenvalue weighted by molar-refractivity contribution is 0.630. The van der Waals surface area contributed by atoms with Gasteiger partial charge in [-0.1, -0.05) is 18.2 Å². The number of hydrogen-bond acceptors (Lipinski definition) is 2. The van der Waals surface area contributed by atoms with E-state index in [0.29, 0.717) is 11.4 Å². The summed E-state index contributed by atoms with van der Waals surface area (Å²) in [5.74, 6) is -0.329. The van der Waals surface area contributed by atoms with Crippen molar-refractivity contribution < 1.29 is 4.39 Å². The third kappa shape index (κ3) is 2.47. The smallest absolute Gasteiger partial charge is 0.148 e. The summed E-state index contributed by atoms with van der Waals surface area (Å²) < 4.78 is 13.2. The normalized spacial score (nSPS) is 10.7. The highest BCUT2D eigenvalue weighted by Crippen LogP contribution is 2.15. The lowest BCUT2D eigenvalue weighted by Crippen LogP contribution is -1.84. The van der Waals surface area contributed by atoms with Gasteiger partial charge in [-0.25, -0.2) is 4.39 Å². The molecule has 0 N–H and O–H groups in total. The van der Waals surface area contributed by atoms with Crippen LogP contribution >= 0.6 is 0 Å². The molecule has 0 fully saturated rings. The Labute approximate surface area is 87.1 Å². The van der Waals surface area contributed by atoms with Crippen molar-refractivity contribution in [1.29, 1.82) is 0 Å². The molecular formula is C12H9FN2. The molecule has 0 atom stereocenters. The first kappa shape index (κ1) is 9.52. The number of aromatic nitrogens is 1. The number of hydrogen-bond donors (Lipinski definition) is 0. The summed E-state index contributed by atoms with van der Waals surface area (Å²) in [7, 11) is 0. The molecule has 0 amide bonds. The monoisotopic (exact) mass is 200 g/mol. The van der Waals surface area contributed by atoms with Crippen molar-refractivity contribution in [1.82, 2.24) is 4.98 Å². The summed E-state index contributed by atoms with van der Waals surface area (Å²) in [5.41, 5.74) is 1.03. The van der Waals surface area contributed by atoms with E-state index in [9.17, 15) is 4.39 Å². The zero-order chi connectivity index (χ0) is 10.5. The minimum Gasteiger partial charge on any atom is -0.255 e. The third-order valence-electron chi connectivity index (χ3n) is 1.88. The second-order valence-corrected chi connectivity index (χ2v) is 2.96. The minimum atomic E-state index is -0.329. The van der Waals surface area contributed by atoms with E-state index >= 15 is 0 Å². The van der Waals surface area contributed by atoms with Gasteiger partial charge in [0.2, 0.25) is 0 Å². The van der Waals surface area contributed by atoms with E-state index in [1.54, 1.807) is 30.6 Å². The molecule has 15 heavy (non-hydrogen) atoms. The van der Waals surface area contributed by atoms with Crippen molar-refractivity contribution in [3.8, 4) is 0 Å². The Morgan fingerprint density at radius 2 is 1.87 bits per heavy atom. The lowest BCUT2D eigenvalue weighted by Gasteiger charge is -1.94. The second kappa shape index (κ2) is 4.46. The number of rotatable bonds is 2. The Morgan fingerprint density at radius 1 is 1.07 bits per heavy atom. The van der Waals surface area contributed by atoms with Crippen LogP contribution in [0, 0.1) is 5.82 Å². The van der Waals surface area contributed by atoms with Crippen molar-refractivity contribution in [2.45, 2.75) is 0 Å². The highest BCUT2D eigenvalue weighted by Gasteiger charge is 1.96. The zero-order valence-electron chi connectivity index (χ0n) is 7.97. The molecule has 0 unspecified atom stereocenters. The molecule has 3 heteroatoms. The summed E-state index contributed by atoms with van der Waals surface area (Å²) in [6, 6.07) is 11.9. The fourth-order valence-electron chi connectivity index (χ4n) is 1.14. The number of halogens is 1. The van der Waals surface area contributed by atoms with E-state index in [1.165, 1.54) is 6.07 Å². The van der Waals surface area contributed by atoms with Gasteiger partial charge < -0.3 is 0 Å². The molecule has 0 aliphatic carbocycles. The van der Waals surface area contributed by atoms with Crippen LogP contribution in [-0.4, -0.2) is 11.2 Å². The molecule has 2 rings (SSSR count). The first-order valence-electron chi connectivity index (χ1n) is 4.56. The molecule has 0 saturated heterocycles. The van der Waals surface area contributed by atoms with Gasteiger partial charge >= 0.3 is 0 Å². The van der Waals surface area contributed by atoms with Gasteiger partial charge in [0.15, 0.2) is 0 Å². The van der Waals surface area contributed by atoms with Crippen LogP contribution in [0.5, 0.6) is 0 Å². The fraction of sp³-hybridized carbons (Fsp3) is 0. The summed E-state index contributed by atoms with van der Waals surface area (Å²) in [4.78, 5) is 8.07. The van der Waals surface area contributed by atoms with Crippen molar-refractivity contribution in [2.24, 2.45) is 4.99 Å². The molecule has 0 aliphatic rings. The quantitative estimate of drug-likeness (QED) is 0.684. The van der Waals surface area contributed by atoms with Crippen LogP contribution in [0.4, 0.5) is 10.1 Å². The van der Waals surface area contributed by atoms with E-state index in [1.807, 2.05) is 18.2 Å². The van der Waals surface area contributed by atoms with Gasteiger partial charge in [0.25, 0.3) is 0 Å². The van der Waals surface area contributed by atoms with E-state index in [2.05, 4.69) is 9.98 Å². The molecule has 1 heterocycles. The SMILES string of the molecule is Fc1ccccc1/N=C/c1ccccn1. The molecule has 74 valence electrons. The first-order valence-corrected chi connectivity index (χ1v) is 4.56. The summed E-state index contributed by atoms with van der Waals surface area (Å²) in [6.07, 6.45) is 3.21. The van der Waals surface area contributed by atoms with E-state index in [-0.39, 0.29) is 5.82 Å². The maximum atomic E-state index is 13.2. The maximum absolute atomic E-state index is 13.2. The fourth-order valence-corrected chi connectivity index (χ4v) is 1.14. The topological polar surface area (TPSA) is 25.2 Å². The van der Waals surface area contributed by atoms with Gasteiger partial charge in [0, 0.05) is 6.20 Å². The predicted octanol–water partition coefficient (Wildman–Crippen LogP) is 2.97. The van der Waals surface area contributed by atoms with Gasteiger partial charge in [0.1, 0.15) is 5.82 Å². The minimum absolute atomic E-state index is 0.322. The number of benzene rings is 1. The van der Waals surface area contributed by atoms with E-state index in [4.69, 9.17) is 0 Å².